The first-order chi connectivity index (χ1) is 9.17. The summed E-state index contributed by atoms with van der Waals surface area (Å²) in [5.74, 6) is -0.830. The quantitative estimate of drug-likeness (QED) is 0.649. The van der Waals surface area contributed by atoms with Crippen LogP contribution in [-0.2, 0) is 6.42 Å². The highest BCUT2D eigenvalue weighted by atomic mass is 19.2. The van der Waals surface area contributed by atoms with Crippen LogP contribution in [-0.4, -0.2) is 0 Å². The molecule has 1 aromatic carbocycles. The second-order valence-electron chi connectivity index (χ2n) is 5.04. The molecule has 0 spiro atoms. The molecule has 2 heteroatoms. The van der Waals surface area contributed by atoms with Gasteiger partial charge in [-0.05, 0) is 49.7 Å². The first kappa shape index (κ1) is 14.0. The van der Waals surface area contributed by atoms with Gasteiger partial charge in [-0.2, -0.15) is 0 Å². The Labute approximate surface area is 113 Å². The molecule has 0 saturated carbocycles. The van der Waals surface area contributed by atoms with Gasteiger partial charge >= 0.3 is 0 Å². The molecule has 0 heterocycles. The zero-order valence-electron chi connectivity index (χ0n) is 11.5. The highest BCUT2D eigenvalue weighted by Gasteiger charge is 2.18. The summed E-state index contributed by atoms with van der Waals surface area (Å²) in [6.07, 6.45) is 9.55. The van der Waals surface area contributed by atoms with Gasteiger partial charge in [-0.25, -0.2) is 8.78 Å². The highest BCUT2D eigenvalue weighted by molar-refractivity contribution is 5.67. The van der Waals surface area contributed by atoms with Crippen LogP contribution in [0.25, 0.3) is 5.57 Å². The van der Waals surface area contributed by atoms with Crippen LogP contribution in [0.1, 0.15) is 44.2 Å². The van der Waals surface area contributed by atoms with Gasteiger partial charge in [0.05, 0.1) is 0 Å². The minimum atomic E-state index is -0.685. The van der Waals surface area contributed by atoms with Crippen molar-refractivity contribution >= 4 is 5.57 Å². The van der Waals surface area contributed by atoms with Gasteiger partial charge in [0.1, 0.15) is 0 Å². The molecule has 1 aliphatic rings. The second kappa shape index (κ2) is 6.14. The summed E-state index contributed by atoms with van der Waals surface area (Å²) in [6, 6.07) is 3.42. The van der Waals surface area contributed by atoms with Gasteiger partial charge in [-0.15, -0.1) is 0 Å². The largest absolute Gasteiger partial charge is 0.203 e. The predicted octanol–water partition coefficient (Wildman–Crippen LogP) is 5.29. The van der Waals surface area contributed by atoms with E-state index in [1.54, 1.807) is 12.1 Å². The molecule has 0 bridgehead atoms. The molecule has 0 aliphatic heterocycles. The first-order valence-corrected chi connectivity index (χ1v) is 6.96. The summed E-state index contributed by atoms with van der Waals surface area (Å²) in [7, 11) is 0. The third-order valence-corrected chi connectivity index (χ3v) is 3.81. The molecule has 0 aromatic heterocycles. The fourth-order valence-electron chi connectivity index (χ4n) is 2.66. The molecular weight excluding hydrogens is 242 g/mol. The Morgan fingerprint density at radius 1 is 1.26 bits per heavy atom. The molecule has 0 radical (unpaired) electrons. The average molecular weight is 262 g/mol. The fourth-order valence-corrected chi connectivity index (χ4v) is 2.66. The van der Waals surface area contributed by atoms with Gasteiger partial charge in [0, 0.05) is 5.56 Å². The van der Waals surface area contributed by atoms with Crippen molar-refractivity contribution in [1.29, 1.82) is 0 Å². The molecule has 0 N–H and O–H groups in total. The SMILES string of the molecule is CC=CC1CC=C(c2ccc(CC)c(F)c2F)CC1. The van der Waals surface area contributed by atoms with Gasteiger partial charge in [-0.1, -0.05) is 37.3 Å². The van der Waals surface area contributed by atoms with E-state index in [9.17, 15) is 8.78 Å². The third kappa shape index (κ3) is 2.94. The van der Waals surface area contributed by atoms with Crippen molar-refractivity contribution in [3.05, 3.63) is 53.1 Å². The van der Waals surface area contributed by atoms with Crippen LogP contribution in [0, 0.1) is 17.6 Å². The van der Waals surface area contributed by atoms with Gasteiger partial charge in [0.15, 0.2) is 11.6 Å². The molecule has 1 aromatic rings. The van der Waals surface area contributed by atoms with Crippen molar-refractivity contribution < 1.29 is 8.78 Å². The Balaban J connectivity index is 2.27. The molecule has 2 rings (SSSR count). The number of halogens is 2. The lowest BCUT2D eigenvalue weighted by Crippen LogP contribution is -2.05. The highest BCUT2D eigenvalue weighted by Crippen LogP contribution is 2.33. The fraction of sp³-hybridized carbons (Fsp3) is 0.412. The Morgan fingerprint density at radius 2 is 2.05 bits per heavy atom. The molecule has 102 valence electrons. The smallest absolute Gasteiger partial charge is 0.166 e. The van der Waals surface area contributed by atoms with Crippen LogP contribution >= 0.6 is 0 Å². The molecular formula is C17H20F2. The van der Waals surface area contributed by atoms with Crippen LogP contribution in [0.15, 0.2) is 30.4 Å². The molecule has 0 fully saturated rings. The Morgan fingerprint density at radius 3 is 2.63 bits per heavy atom. The zero-order valence-corrected chi connectivity index (χ0v) is 11.5. The zero-order chi connectivity index (χ0) is 13.8. The minimum Gasteiger partial charge on any atom is -0.203 e. The topological polar surface area (TPSA) is 0 Å². The number of benzene rings is 1. The second-order valence-corrected chi connectivity index (χ2v) is 5.04. The van der Waals surface area contributed by atoms with E-state index in [2.05, 4.69) is 18.2 Å². The van der Waals surface area contributed by atoms with E-state index >= 15 is 0 Å². The molecule has 1 unspecified atom stereocenters. The van der Waals surface area contributed by atoms with Crippen molar-refractivity contribution in [1.82, 2.24) is 0 Å². The summed E-state index contributed by atoms with van der Waals surface area (Å²) in [5.41, 5.74) is 1.83. The lowest BCUT2D eigenvalue weighted by molar-refractivity contribution is 0.496. The maximum atomic E-state index is 14.0. The van der Waals surface area contributed by atoms with Crippen LogP contribution in [0.2, 0.25) is 0 Å². The van der Waals surface area contributed by atoms with Crippen LogP contribution in [0.3, 0.4) is 0 Å². The van der Waals surface area contributed by atoms with Crippen molar-refractivity contribution in [3.8, 4) is 0 Å². The van der Waals surface area contributed by atoms with E-state index in [4.69, 9.17) is 0 Å². The standard InChI is InChI=1S/C17H20F2/c1-3-5-12-6-8-14(9-7-12)15-11-10-13(4-2)16(18)17(15)19/h3,5,8,10-12H,4,6-7,9H2,1-2H3. The predicted molar refractivity (Wildman–Crippen MR) is 75.9 cm³/mol. The average Bonchev–Trinajstić information content (AvgIpc) is 2.43. The third-order valence-electron chi connectivity index (χ3n) is 3.81. The van der Waals surface area contributed by atoms with Crippen molar-refractivity contribution in [2.75, 3.05) is 0 Å². The van der Waals surface area contributed by atoms with Gasteiger partial charge in [0.2, 0.25) is 0 Å². The molecule has 1 aliphatic carbocycles. The van der Waals surface area contributed by atoms with Crippen molar-refractivity contribution in [3.63, 3.8) is 0 Å². The van der Waals surface area contributed by atoms with E-state index in [1.807, 2.05) is 13.8 Å². The molecule has 0 nitrogen and oxygen atoms in total. The molecule has 1 atom stereocenters. The van der Waals surface area contributed by atoms with E-state index in [-0.39, 0.29) is 0 Å². The summed E-state index contributed by atoms with van der Waals surface area (Å²) in [5, 5.41) is 0. The molecule has 0 amide bonds. The lowest BCUT2D eigenvalue weighted by atomic mass is 9.86. The summed E-state index contributed by atoms with van der Waals surface area (Å²) < 4.78 is 27.9. The first-order valence-electron chi connectivity index (χ1n) is 6.96. The van der Waals surface area contributed by atoms with E-state index in [0.29, 0.717) is 23.5 Å². The van der Waals surface area contributed by atoms with E-state index in [1.165, 1.54) is 0 Å². The summed E-state index contributed by atoms with van der Waals surface area (Å²) >= 11 is 0. The number of rotatable bonds is 3. The monoisotopic (exact) mass is 262 g/mol. The van der Waals surface area contributed by atoms with Crippen LogP contribution in [0.4, 0.5) is 8.78 Å². The van der Waals surface area contributed by atoms with Gasteiger partial charge in [-0.3, -0.25) is 0 Å². The number of hydrogen-bond acceptors (Lipinski definition) is 0. The minimum absolute atomic E-state index is 0.439. The van der Waals surface area contributed by atoms with Crippen LogP contribution in [0.5, 0.6) is 0 Å². The summed E-state index contributed by atoms with van der Waals surface area (Å²) in [6.45, 7) is 3.84. The van der Waals surface area contributed by atoms with Crippen molar-refractivity contribution in [2.45, 2.75) is 39.5 Å². The van der Waals surface area contributed by atoms with Crippen molar-refractivity contribution in [2.24, 2.45) is 5.92 Å². The van der Waals surface area contributed by atoms with Gasteiger partial charge in [0.25, 0.3) is 0 Å². The maximum absolute atomic E-state index is 14.0. The van der Waals surface area contributed by atoms with Crippen LogP contribution < -0.4 is 0 Å². The Hall–Kier alpha value is -1.44. The van der Waals surface area contributed by atoms with Gasteiger partial charge < -0.3 is 0 Å². The number of aryl methyl sites for hydroxylation is 1. The Kier molecular flexibility index (Phi) is 4.52. The number of allylic oxidation sites excluding steroid dienone is 4. The molecule has 19 heavy (non-hydrogen) atoms. The normalized spacial score (nSPS) is 19.8. The van der Waals surface area contributed by atoms with E-state index in [0.717, 1.165) is 24.8 Å². The maximum Gasteiger partial charge on any atom is 0.166 e. The summed E-state index contributed by atoms with van der Waals surface area (Å²) in [4.78, 5) is 0. The molecule has 0 saturated heterocycles. The number of hydrogen-bond donors (Lipinski definition) is 0. The van der Waals surface area contributed by atoms with E-state index < -0.39 is 11.6 Å². The lowest BCUT2D eigenvalue weighted by Gasteiger charge is -2.20. The Bertz CT molecular complexity index is 512.